The molecule has 1 N–H and O–H groups in total. The number of aliphatic hydroxyl groups is 1. The van der Waals surface area contributed by atoms with E-state index in [4.69, 9.17) is 0 Å². The van der Waals surface area contributed by atoms with Crippen LogP contribution in [0.1, 0.15) is 56.0 Å². The second kappa shape index (κ2) is 4.99. The van der Waals surface area contributed by atoms with Gasteiger partial charge < -0.3 is 5.11 Å². The van der Waals surface area contributed by atoms with Gasteiger partial charge in [0.25, 0.3) is 0 Å². The highest BCUT2D eigenvalue weighted by atomic mass is 16.3. The number of aryl methyl sites for hydroxylation is 1. The van der Waals surface area contributed by atoms with Crippen molar-refractivity contribution in [2.24, 2.45) is 13.0 Å². The molecule has 3 nitrogen and oxygen atoms in total. The van der Waals surface area contributed by atoms with Gasteiger partial charge in [0.2, 0.25) is 0 Å². The zero-order chi connectivity index (χ0) is 15.2. The molecule has 3 unspecified atom stereocenters. The average Bonchev–Trinajstić information content (AvgIpc) is 3.13. The first kappa shape index (κ1) is 14.3. The maximum Gasteiger partial charge on any atom is 0.0857 e. The zero-order valence-corrected chi connectivity index (χ0v) is 13.2. The molecule has 3 heteroatoms. The minimum Gasteiger partial charge on any atom is -0.388 e. The molecular formula is C18H24N2O. The van der Waals surface area contributed by atoms with Crippen LogP contribution in [0, 0.1) is 5.92 Å². The molecule has 1 aliphatic carbocycles. The molecule has 3 rings (SSSR count). The number of nitrogens with zero attached hydrogens (tertiary/aromatic N) is 2. The summed E-state index contributed by atoms with van der Waals surface area (Å²) in [5.41, 5.74) is 3.29. The normalized spacial score (nSPS) is 23.1. The highest BCUT2D eigenvalue weighted by molar-refractivity contribution is 5.32. The minimum absolute atomic E-state index is 0.0469. The van der Waals surface area contributed by atoms with Gasteiger partial charge in [0.15, 0.2) is 0 Å². The third-order valence-corrected chi connectivity index (χ3v) is 4.36. The van der Waals surface area contributed by atoms with Crippen LogP contribution in [0.15, 0.2) is 36.5 Å². The van der Waals surface area contributed by atoms with E-state index in [0.29, 0.717) is 11.8 Å². The highest BCUT2D eigenvalue weighted by Crippen LogP contribution is 2.54. The molecule has 1 aromatic heterocycles. The zero-order valence-electron chi connectivity index (χ0n) is 13.2. The van der Waals surface area contributed by atoms with Gasteiger partial charge >= 0.3 is 0 Å². The Morgan fingerprint density at radius 3 is 2.52 bits per heavy atom. The third-order valence-electron chi connectivity index (χ3n) is 4.36. The smallest absolute Gasteiger partial charge is 0.0857 e. The van der Waals surface area contributed by atoms with Gasteiger partial charge in [-0.25, -0.2) is 0 Å². The van der Waals surface area contributed by atoms with Crippen molar-refractivity contribution < 1.29 is 5.11 Å². The van der Waals surface area contributed by atoms with Gasteiger partial charge in [0.1, 0.15) is 0 Å². The predicted molar refractivity (Wildman–Crippen MR) is 84.2 cm³/mol. The molecule has 1 heterocycles. The molecule has 1 fully saturated rings. The van der Waals surface area contributed by atoms with Crippen molar-refractivity contribution in [2.75, 3.05) is 0 Å². The van der Waals surface area contributed by atoms with E-state index in [1.54, 1.807) is 0 Å². The molecule has 21 heavy (non-hydrogen) atoms. The van der Waals surface area contributed by atoms with E-state index < -0.39 is 6.10 Å². The van der Waals surface area contributed by atoms with Crippen LogP contribution in [0.25, 0.3) is 0 Å². The number of rotatable bonds is 3. The Morgan fingerprint density at radius 1 is 1.24 bits per heavy atom. The Hall–Kier alpha value is -1.61. The molecule has 0 amide bonds. The van der Waals surface area contributed by atoms with Crippen LogP contribution in [0.2, 0.25) is 0 Å². The maximum atomic E-state index is 10.8. The second-order valence-electron chi connectivity index (χ2n) is 7.22. The van der Waals surface area contributed by atoms with E-state index in [9.17, 15) is 5.11 Å². The van der Waals surface area contributed by atoms with E-state index in [0.717, 1.165) is 17.7 Å². The predicted octanol–water partition coefficient (Wildman–Crippen LogP) is 3.55. The Balaban J connectivity index is 1.83. The molecule has 112 valence electrons. The standard InChI is InChI=1S/C18H24N2O/c1-18(2,3)17-15(11-20(4)19-17)16(21)14-10-13(14)12-8-6-5-7-9-12/h5-9,11,13-14,16,21H,10H2,1-4H3. The molecule has 1 aromatic carbocycles. The van der Waals surface area contributed by atoms with Crippen LogP contribution in [-0.4, -0.2) is 14.9 Å². The molecule has 0 spiro atoms. The van der Waals surface area contributed by atoms with Crippen molar-refractivity contribution in [3.63, 3.8) is 0 Å². The molecule has 0 aliphatic heterocycles. The lowest BCUT2D eigenvalue weighted by molar-refractivity contribution is 0.149. The minimum atomic E-state index is -0.418. The Bertz CT molecular complexity index is 624. The first-order valence-corrected chi connectivity index (χ1v) is 7.65. The fourth-order valence-electron chi connectivity index (χ4n) is 3.18. The first-order chi connectivity index (χ1) is 9.88. The number of hydrogen-bond donors (Lipinski definition) is 1. The van der Waals surface area contributed by atoms with E-state index in [-0.39, 0.29) is 5.41 Å². The lowest BCUT2D eigenvalue weighted by Crippen LogP contribution is -2.17. The van der Waals surface area contributed by atoms with E-state index in [1.165, 1.54) is 5.56 Å². The van der Waals surface area contributed by atoms with Gasteiger partial charge in [-0.1, -0.05) is 51.1 Å². The summed E-state index contributed by atoms with van der Waals surface area (Å²) in [5.74, 6) is 0.798. The van der Waals surface area contributed by atoms with Crippen molar-refractivity contribution in [1.29, 1.82) is 0 Å². The SMILES string of the molecule is Cn1cc(C(O)C2CC2c2ccccc2)c(C(C)(C)C)n1. The van der Waals surface area contributed by atoms with Crippen molar-refractivity contribution in [3.8, 4) is 0 Å². The fourth-order valence-corrected chi connectivity index (χ4v) is 3.18. The van der Waals surface area contributed by atoms with E-state index in [1.807, 2.05) is 24.0 Å². The summed E-state index contributed by atoms with van der Waals surface area (Å²) in [6.07, 6.45) is 2.62. The van der Waals surface area contributed by atoms with Crippen LogP contribution in [0.5, 0.6) is 0 Å². The van der Waals surface area contributed by atoms with Crippen LogP contribution < -0.4 is 0 Å². The second-order valence-corrected chi connectivity index (χ2v) is 7.22. The highest BCUT2D eigenvalue weighted by Gasteiger charge is 2.45. The topological polar surface area (TPSA) is 38.0 Å². The van der Waals surface area contributed by atoms with Gasteiger partial charge in [-0.3, -0.25) is 4.68 Å². The molecule has 0 saturated heterocycles. The number of aliphatic hydroxyl groups excluding tert-OH is 1. The van der Waals surface area contributed by atoms with Crippen molar-refractivity contribution in [1.82, 2.24) is 9.78 Å². The summed E-state index contributed by atoms with van der Waals surface area (Å²) in [4.78, 5) is 0. The third kappa shape index (κ3) is 2.75. The summed E-state index contributed by atoms with van der Waals surface area (Å²) in [6, 6.07) is 10.5. The monoisotopic (exact) mass is 284 g/mol. The summed E-state index contributed by atoms with van der Waals surface area (Å²) in [5, 5.41) is 15.4. The van der Waals surface area contributed by atoms with Gasteiger partial charge in [0, 0.05) is 24.2 Å². The molecular weight excluding hydrogens is 260 g/mol. The van der Waals surface area contributed by atoms with Crippen LogP contribution >= 0.6 is 0 Å². The molecule has 3 atom stereocenters. The van der Waals surface area contributed by atoms with Gasteiger partial charge in [-0.15, -0.1) is 0 Å². The Labute approximate surface area is 126 Å². The maximum absolute atomic E-state index is 10.8. The largest absolute Gasteiger partial charge is 0.388 e. The summed E-state index contributed by atoms with van der Waals surface area (Å²) < 4.78 is 1.82. The molecule has 2 aromatic rings. The number of hydrogen-bond acceptors (Lipinski definition) is 2. The van der Waals surface area contributed by atoms with Crippen LogP contribution in [0.3, 0.4) is 0 Å². The Morgan fingerprint density at radius 2 is 1.90 bits per heavy atom. The average molecular weight is 284 g/mol. The van der Waals surface area contributed by atoms with Gasteiger partial charge in [-0.05, 0) is 23.8 Å². The Kier molecular flexibility index (Phi) is 3.40. The molecule has 0 radical (unpaired) electrons. The summed E-state index contributed by atoms with van der Waals surface area (Å²) in [6.45, 7) is 6.44. The number of aromatic nitrogens is 2. The first-order valence-electron chi connectivity index (χ1n) is 7.65. The molecule has 1 aliphatic rings. The summed E-state index contributed by atoms with van der Waals surface area (Å²) >= 11 is 0. The lowest BCUT2D eigenvalue weighted by atomic mass is 9.87. The van der Waals surface area contributed by atoms with Crippen molar-refractivity contribution in [3.05, 3.63) is 53.3 Å². The van der Waals surface area contributed by atoms with Crippen LogP contribution in [-0.2, 0) is 12.5 Å². The van der Waals surface area contributed by atoms with Crippen molar-refractivity contribution >= 4 is 0 Å². The van der Waals surface area contributed by atoms with E-state index in [2.05, 4.69) is 50.1 Å². The van der Waals surface area contributed by atoms with E-state index >= 15 is 0 Å². The quantitative estimate of drug-likeness (QED) is 0.936. The van der Waals surface area contributed by atoms with Gasteiger partial charge in [-0.2, -0.15) is 5.10 Å². The van der Waals surface area contributed by atoms with Crippen molar-refractivity contribution in [2.45, 2.75) is 44.6 Å². The lowest BCUT2D eigenvalue weighted by Gasteiger charge is -2.20. The number of benzene rings is 1. The van der Waals surface area contributed by atoms with Gasteiger partial charge in [0.05, 0.1) is 11.8 Å². The molecule has 1 saturated carbocycles. The fraction of sp³-hybridized carbons (Fsp3) is 0.500. The van der Waals surface area contributed by atoms with Crippen LogP contribution in [0.4, 0.5) is 0 Å². The molecule has 0 bridgehead atoms. The summed E-state index contributed by atoms with van der Waals surface area (Å²) in [7, 11) is 1.92.